The zero-order valence-corrected chi connectivity index (χ0v) is 11.0. The molecule has 0 unspecified atom stereocenters. The minimum Gasteiger partial charge on any atom is -0.484 e. The van der Waals surface area contributed by atoms with E-state index < -0.39 is 0 Å². The van der Waals surface area contributed by atoms with Crippen molar-refractivity contribution < 1.29 is 9.53 Å². The van der Waals surface area contributed by atoms with Crippen LogP contribution in [0.1, 0.15) is 20.3 Å². The molecule has 1 amide bonds. The monoisotopic (exact) mass is 248 g/mol. The molecule has 1 saturated heterocycles. The van der Waals surface area contributed by atoms with E-state index in [4.69, 9.17) is 10.5 Å². The van der Waals surface area contributed by atoms with Gasteiger partial charge in [-0.1, -0.05) is 13.8 Å². The van der Waals surface area contributed by atoms with Crippen molar-refractivity contribution in [3.8, 4) is 5.75 Å². The molecule has 1 fully saturated rings. The summed E-state index contributed by atoms with van der Waals surface area (Å²) in [6, 6.07) is 7.07. The first-order valence-electron chi connectivity index (χ1n) is 6.22. The number of amides is 1. The first-order valence-corrected chi connectivity index (χ1v) is 6.22. The molecular weight excluding hydrogens is 228 g/mol. The lowest BCUT2D eigenvalue weighted by atomic mass is 9.93. The van der Waals surface area contributed by atoms with Crippen LogP contribution in [0, 0.1) is 5.41 Å². The van der Waals surface area contributed by atoms with Crippen LogP contribution in [-0.4, -0.2) is 30.5 Å². The molecule has 0 atom stereocenters. The number of benzene rings is 1. The lowest BCUT2D eigenvalue weighted by Gasteiger charge is -2.19. The topological polar surface area (TPSA) is 55.6 Å². The van der Waals surface area contributed by atoms with Gasteiger partial charge < -0.3 is 15.4 Å². The maximum absolute atomic E-state index is 11.9. The number of anilines is 1. The van der Waals surface area contributed by atoms with Crippen LogP contribution in [0.2, 0.25) is 0 Å². The lowest BCUT2D eigenvalue weighted by Crippen LogP contribution is -2.34. The molecule has 0 saturated carbocycles. The van der Waals surface area contributed by atoms with E-state index in [9.17, 15) is 4.79 Å². The number of likely N-dealkylation sites (tertiary alicyclic amines) is 1. The van der Waals surface area contributed by atoms with Crippen LogP contribution in [0.25, 0.3) is 0 Å². The van der Waals surface area contributed by atoms with Crippen LogP contribution in [-0.2, 0) is 4.79 Å². The van der Waals surface area contributed by atoms with Gasteiger partial charge in [0.15, 0.2) is 6.61 Å². The van der Waals surface area contributed by atoms with Gasteiger partial charge in [0.2, 0.25) is 0 Å². The Morgan fingerprint density at radius 1 is 1.39 bits per heavy atom. The minimum absolute atomic E-state index is 0.0531. The molecule has 2 N–H and O–H groups in total. The van der Waals surface area contributed by atoms with Gasteiger partial charge in [-0.3, -0.25) is 4.79 Å². The molecule has 1 heterocycles. The predicted molar refractivity (Wildman–Crippen MR) is 71.3 cm³/mol. The number of nitrogens with two attached hydrogens (primary N) is 1. The third kappa shape index (κ3) is 3.15. The summed E-state index contributed by atoms with van der Waals surface area (Å²) in [5.74, 6) is 0.730. The van der Waals surface area contributed by atoms with Crippen molar-refractivity contribution in [1.82, 2.24) is 4.90 Å². The summed E-state index contributed by atoms with van der Waals surface area (Å²) in [4.78, 5) is 13.8. The number of carbonyl (C=O) groups excluding carboxylic acids is 1. The number of nitrogens with zero attached hydrogens (tertiary/aromatic N) is 1. The van der Waals surface area contributed by atoms with E-state index >= 15 is 0 Å². The van der Waals surface area contributed by atoms with E-state index in [1.165, 1.54) is 0 Å². The molecule has 2 rings (SSSR count). The standard InChI is InChI=1S/C14H20N2O2/c1-14(2)7-8-16(10-14)13(17)9-18-12-5-3-11(15)4-6-12/h3-6H,7-10,15H2,1-2H3. The Bertz CT molecular complexity index is 426. The molecule has 4 nitrogen and oxygen atoms in total. The van der Waals surface area contributed by atoms with Crippen molar-refractivity contribution in [2.75, 3.05) is 25.4 Å². The fourth-order valence-electron chi connectivity index (χ4n) is 2.13. The van der Waals surface area contributed by atoms with Crippen molar-refractivity contribution in [3.63, 3.8) is 0 Å². The van der Waals surface area contributed by atoms with Crippen LogP contribution in [0.3, 0.4) is 0 Å². The highest BCUT2D eigenvalue weighted by Crippen LogP contribution is 2.28. The summed E-state index contributed by atoms with van der Waals surface area (Å²) in [5, 5.41) is 0. The van der Waals surface area contributed by atoms with Crippen LogP contribution in [0.4, 0.5) is 5.69 Å². The molecule has 1 aromatic rings. The summed E-state index contributed by atoms with van der Waals surface area (Å²) in [6.07, 6.45) is 1.06. The number of hydrogen-bond acceptors (Lipinski definition) is 3. The molecule has 1 aromatic carbocycles. The fourth-order valence-corrected chi connectivity index (χ4v) is 2.13. The van der Waals surface area contributed by atoms with Gasteiger partial charge in [0, 0.05) is 18.8 Å². The lowest BCUT2D eigenvalue weighted by molar-refractivity contribution is -0.132. The Kier molecular flexibility index (Phi) is 3.45. The summed E-state index contributed by atoms with van der Waals surface area (Å²) < 4.78 is 5.46. The smallest absolute Gasteiger partial charge is 0.260 e. The van der Waals surface area contributed by atoms with Crippen molar-refractivity contribution in [3.05, 3.63) is 24.3 Å². The molecule has 1 aliphatic heterocycles. The van der Waals surface area contributed by atoms with Gasteiger partial charge in [-0.25, -0.2) is 0 Å². The zero-order valence-electron chi connectivity index (χ0n) is 11.0. The number of nitrogen functional groups attached to an aromatic ring is 1. The number of carbonyl (C=O) groups is 1. The molecule has 0 bridgehead atoms. The first kappa shape index (κ1) is 12.7. The van der Waals surface area contributed by atoms with Crippen LogP contribution >= 0.6 is 0 Å². The Labute approximate surface area is 108 Å². The normalized spacial score (nSPS) is 17.8. The number of hydrogen-bond donors (Lipinski definition) is 1. The maximum Gasteiger partial charge on any atom is 0.260 e. The molecule has 4 heteroatoms. The fraction of sp³-hybridized carbons (Fsp3) is 0.500. The highest BCUT2D eigenvalue weighted by atomic mass is 16.5. The summed E-state index contributed by atoms with van der Waals surface area (Å²) in [6.45, 7) is 6.11. The molecule has 0 radical (unpaired) electrons. The van der Waals surface area contributed by atoms with E-state index in [1.54, 1.807) is 24.3 Å². The third-order valence-electron chi connectivity index (χ3n) is 3.27. The SMILES string of the molecule is CC1(C)CCN(C(=O)COc2ccc(N)cc2)C1. The Balaban J connectivity index is 1.84. The second kappa shape index (κ2) is 4.88. The maximum atomic E-state index is 11.9. The number of rotatable bonds is 3. The van der Waals surface area contributed by atoms with Gasteiger partial charge in [-0.15, -0.1) is 0 Å². The quantitative estimate of drug-likeness (QED) is 0.831. The molecule has 18 heavy (non-hydrogen) atoms. The van der Waals surface area contributed by atoms with E-state index in [0.717, 1.165) is 19.5 Å². The van der Waals surface area contributed by atoms with Crippen LogP contribution < -0.4 is 10.5 Å². The Hall–Kier alpha value is -1.71. The van der Waals surface area contributed by atoms with E-state index in [1.807, 2.05) is 4.90 Å². The van der Waals surface area contributed by atoms with Gasteiger partial charge in [0.1, 0.15) is 5.75 Å². The van der Waals surface area contributed by atoms with Crippen molar-refractivity contribution in [2.24, 2.45) is 5.41 Å². The molecule has 0 spiro atoms. The average molecular weight is 248 g/mol. The van der Waals surface area contributed by atoms with Crippen molar-refractivity contribution in [1.29, 1.82) is 0 Å². The van der Waals surface area contributed by atoms with Gasteiger partial charge in [0.05, 0.1) is 0 Å². The van der Waals surface area contributed by atoms with Crippen LogP contribution in [0.5, 0.6) is 5.75 Å². The second-order valence-corrected chi connectivity index (χ2v) is 5.59. The summed E-state index contributed by atoms with van der Waals surface area (Å²) >= 11 is 0. The average Bonchev–Trinajstić information content (AvgIpc) is 2.69. The largest absolute Gasteiger partial charge is 0.484 e. The van der Waals surface area contributed by atoms with E-state index in [0.29, 0.717) is 11.4 Å². The predicted octanol–water partition coefficient (Wildman–Crippen LogP) is 1.91. The Morgan fingerprint density at radius 2 is 2.06 bits per heavy atom. The summed E-state index contributed by atoms with van der Waals surface area (Å²) in [7, 11) is 0. The van der Waals surface area contributed by atoms with Gasteiger partial charge in [-0.05, 0) is 36.1 Å². The molecular formula is C14H20N2O2. The first-order chi connectivity index (χ1) is 8.46. The zero-order chi connectivity index (χ0) is 13.2. The minimum atomic E-state index is 0.0531. The number of ether oxygens (including phenoxy) is 1. The highest BCUT2D eigenvalue weighted by Gasteiger charge is 2.31. The van der Waals surface area contributed by atoms with Gasteiger partial charge >= 0.3 is 0 Å². The van der Waals surface area contributed by atoms with Crippen molar-refractivity contribution in [2.45, 2.75) is 20.3 Å². The third-order valence-corrected chi connectivity index (χ3v) is 3.27. The Morgan fingerprint density at radius 3 is 2.61 bits per heavy atom. The molecule has 0 aromatic heterocycles. The van der Waals surface area contributed by atoms with Crippen molar-refractivity contribution >= 4 is 11.6 Å². The molecule has 98 valence electrons. The summed E-state index contributed by atoms with van der Waals surface area (Å²) in [5.41, 5.74) is 6.50. The molecule has 1 aliphatic rings. The van der Waals surface area contributed by atoms with E-state index in [2.05, 4.69) is 13.8 Å². The second-order valence-electron chi connectivity index (χ2n) is 5.59. The van der Waals surface area contributed by atoms with Gasteiger partial charge in [-0.2, -0.15) is 0 Å². The van der Waals surface area contributed by atoms with Crippen LogP contribution in [0.15, 0.2) is 24.3 Å². The van der Waals surface area contributed by atoms with Gasteiger partial charge in [0.25, 0.3) is 5.91 Å². The van der Waals surface area contributed by atoms with E-state index in [-0.39, 0.29) is 17.9 Å². The highest BCUT2D eigenvalue weighted by molar-refractivity contribution is 5.78. The molecule has 0 aliphatic carbocycles.